The smallest absolute Gasteiger partial charge is 0.140 e. The summed E-state index contributed by atoms with van der Waals surface area (Å²) in [6, 6.07) is 4.06. The van der Waals surface area contributed by atoms with Gasteiger partial charge in [-0.3, -0.25) is 9.67 Å². The highest BCUT2D eigenvalue weighted by molar-refractivity contribution is 5.09. The van der Waals surface area contributed by atoms with Crippen LogP contribution in [0.3, 0.4) is 0 Å². The van der Waals surface area contributed by atoms with Gasteiger partial charge in [-0.2, -0.15) is 5.10 Å². The summed E-state index contributed by atoms with van der Waals surface area (Å²) in [6.07, 6.45) is 6.20. The number of aryl methyl sites for hydroxylation is 1. The highest BCUT2D eigenvalue weighted by Gasteiger charge is 1.98. The lowest BCUT2D eigenvalue weighted by Gasteiger charge is -2.04. The van der Waals surface area contributed by atoms with E-state index in [9.17, 15) is 0 Å². The lowest BCUT2D eigenvalue weighted by molar-refractivity contribution is 0.614. The maximum Gasteiger partial charge on any atom is 0.140 e. The van der Waals surface area contributed by atoms with E-state index in [-0.39, 0.29) is 0 Å². The van der Waals surface area contributed by atoms with E-state index in [0.717, 1.165) is 25.3 Å². The fourth-order valence-electron chi connectivity index (χ4n) is 1.46. The van der Waals surface area contributed by atoms with E-state index < -0.39 is 0 Å². The van der Waals surface area contributed by atoms with Gasteiger partial charge in [-0.1, -0.05) is 0 Å². The van der Waals surface area contributed by atoms with E-state index in [0.29, 0.717) is 0 Å². The monoisotopic (exact) mass is 217 g/mol. The Morgan fingerprint density at radius 1 is 1.31 bits per heavy atom. The third-order valence-corrected chi connectivity index (χ3v) is 2.43. The van der Waals surface area contributed by atoms with Crippen LogP contribution in [0.15, 0.2) is 30.9 Å². The molecular weight excluding hydrogens is 202 g/mol. The zero-order valence-corrected chi connectivity index (χ0v) is 9.30. The van der Waals surface area contributed by atoms with Crippen LogP contribution in [0.1, 0.15) is 11.4 Å². The maximum atomic E-state index is 4.14. The number of hydrogen-bond acceptors (Lipinski definition) is 4. The summed E-state index contributed by atoms with van der Waals surface area (Å²) in [6.45, 7) is 1.68. The fourth-order valence-corrected chi connectivity index (χ4v) is 1.46. The summed E-state index contributed by atoms with van der Waals surface area (Å²) in [7, 11) is 1.90. The molecule has 1 N–H and O–H groups in total. The molecule has 0 aliphatic rings. The Kier molecular flexibility index (Phi) is 3.61. The Hall–Kier alpha value is -1.75. The molecule has 5 nitrogen and oxygen atoms in total. The number of rotatable bonds is 5. The molecule has 0 saturated carbocycles. The van der Waals surface area contributed by atoms with Crippen molar-refractivity contribution in [1.29, 1.82) is 0 Å². The molecule has 0 saturated heterocycles. The first-order valence-corrected chi connectivity index (χ1v) is 5.29. The molecule has 0 amide bonds. The molecule has 2 rings (SSSR count). The van der Waals surface area contributed by atoms with Crippen molar-refractivity contribution in [1.82, 2.24) is 25.1 Å². The number of nitrogens with one attached hydrogen (secondary N) is 1. The number of aromatic nitrogens is 4. The van der Waals surface area contributed by atoms with Gasteiger partial charge in [0, 0.05) is 19.4 Å². The van der Waals surface area contributed by atoms with Crippen molar-refractivity contribution in [3.8, 4) is 0 Å². The van der Waals surface area contributed by atoms with Gasteiger partial charge in [0.25, 0.3) is 0 Å². The Labute approximate surface area is 94.5 Å². The predicted molar refractivity (Wildman–Crippen MR) is 60.7 cm³/mol. The first-order valence-electron chi connectivity index (χ1n) is 5.29. The van der Waals surface area contributed by atoms with Gasteiger partial charge in [0.05, 0.1) is 6.54 Å². The van der Waals surface area contributed by atoms with Gasteiger partial charge in [0.15, 0.2) is 0 Å². The highest BCUT2D eigenvalue weighted by Crippen LogP contribution is 1.96. The van der Waals surface area contributed by atoms with E-state index in [1.807, 2.05) is 31.6 Å². The minimum absolute atomic E-state index is 0.752. The SMILES string of the molecule is Cn1ncnc1CNCCc1ccncc1. The van der Waals surface area contributed by atoms with Crippen molar-refractivity contribution in [2.75, 3.05) is 6.54 Å². The third kappa shape index (κ3) is 2.87. The van der Waals surface area contributed by atoms with Crippen LogP contribution in [-0.4, -0.2) is 26.3 Å². The second kappa shape index (κ2) is 5.37. The lowest BCUT2D eigenvalue weighted by atomic mass is 10.2. The Bertz CT molecular complexity index is 423. The Morgan fingerprint density at radius 2 is 2.12 bits per heavy atom. The molecule has 0 spiro atoms. The molecule has 0 aromatic carbocycles. The first kappa shape index (κ1) is 10.8. The molecule has 16 heavy (non-hydrogen) atoms. The molecule has 0 aliphatic heterocycles. The van der Waals surface area contributed by atoms with E-state index in [1.165, 1.54) is 5.56 Å². The van der Waals surface area contributed by atoms with Gasteiger partial charge in [0.2, 0.25) is 0 Å². The maximum absolute atomic E-state index is 4.14. The predicted octanol–water partition coefficient (Wildman–Crippen LogP) is 0.542. The summed E-state index contributed by atoms with van der Waals surface area (Å²) in [5.74, 6) is 0.953. The van der Waals surface area contributed by atoms with Crippen molar-refractivity contribution < 1.29 is 0 Å². The Balaban J connectivity index is 1.72. The molecule has 2 aromatic rings. The van der Waals surface area contributed by atoms with E-state index in [1.54, 1.807) is 11.0 Å². The van der Waals surface area contributed by atoms with Crippen LogP contribution in [-0.2, 0) is 20.0 Å². The van der Waals surface area contributed by atoms with Crippen molar-refractivity contribution in [3.05, 3.63) is 42.2 Å². The largest absolute Gasteiger partial charge is 0.310 e. The fraction of sp³-hybridized carbons (Fsp3) is 0.364. The number of nitrogens with zero attached hydrogens (tertiary/aromatic N) is 4. The lowest BCUT2D eigenvalue weighted by Crippen LogP contribution is -2.19. The zero-order chi connectivity index (χ0) is 11.2. The second-order valence-corrected chi connectivity index (χ2v) is 3.58. The normalized spacial score (nSPS) is 10.6. The van der Waals surface area contributed by atoms with Crippen LogP contribution in [0.25, 0.3) is 0 Å². The molecule has 5 heteroatoms. The summed E-state index contributed by atoms with van der Waals surface area (Å²) in [4.78, 5) is 8.12. The van der Waals surface area contributed by atoms with Gasteiger partial charge >= 0.3 is 0 Å². The van der Waals surface area contributed by atoms with Gasteiger partial charge in [-0.05, 0) is 30.7 Å². The average molecular weight is 217 g/mol. The molecule has 0 radical (unpaired) electrons. The van der Waals surface area contributed by atoms with Gasteiger partial charge in [-0.25, -0.2) is 4.98 Å². The molecular formula is C11H15N5. The summed E-state index contributed by atoms with van der Waals surface area (Å²) in [5, 5.41) is 7.34. The zero-order valence-electron chi connectivity index (χ0n) is 9.30. The van der Waals surface area contributed by atoms with Crippen molar-refractivity contribution in [2.45, 2.75) is 13.0 Å². The highest BCUT2D eigenvalue weighted by atomic mass is 15.3. The first-order chi connectivity index (χ1) is 7.86. The molecule has 0 atom stereocenters. The van der Waals surface area contributed by atoms with E-state index in [2.05, 4.69) is 20.4 Å². The molecule has 0 aliphatic carbocycles. The molecule has 2 aromatic heterocycles. The van der Waals surface area contributed by atoms with Crippen LogP contribution in [0, 0.1) is 0 Å². The Morgan fingerprint density at radius 3 is 2.81 bits per heavy atom. The topological polar surface area (TPSA) is 55.6 Å². The average Bonchev–Trinajstić information content (AvgIpc) is 2.72. The molecule has 84 valence electrons. The van der Waals surface area contributed by atoms with Crippen LogP contribution < -0.4 is 5.32 Å². The minimum Gasteiger partial charge on any atom is -0.310 e. The van der Waals surface area contributed by atoms with Crippen LogP contribution in [0.2, 0.25) is 0 Å². The van der Waals surface area contributed by atoms with Crippen LogP contribution >= 0.6 is 0 Å². The summed E-state index contributed by atoms with van der Waals surface area (Å²) in [5.41, 5.74) is 1.29. The van der Waals surface area contributed by atoms with Gasteiger partial charge in [-0.15, -0.1) is 0 Å². The summed E-state index contributed by atoms with van der Waals surface area (Å²) < 4.78 is 1.78. The number of hydrogen-bond donors (Lipinski definition) is 1. The van der Waals surface area contributed by atoms with E-state index >= 15 is 0 Å². The van der Waals surface area contributed by atoms with Crippen LogP contribution in [0.4, 0.5) is 0 Å². The quantitative estimate of drug-likeness (QED) is 0.743. The number of pyridine rings is 1. The van der Waals surface area contributed by atoms with Gasteiger partial charge in [0.1, 0.15) is 12.2 Å². The summed E-state index contributed by atoms with van der Waals surface area (Å²) >= 11 is 0. The third-order valence-electron chi connectivity index (χ3n) is 2.43. The van der Waals surface area contributed by atoms with E-state index in [4.69, 9.17) is 0 Å². The minimum atomic E-state index is 0.752. The molecule has 2 heterocycles. The van der Waals surface area contributed by atoms with Gasteiger partial charge < -0.3 is 5.32 Å². The molecule has 0 bridgehead atoms. The standard InChI is InChI=1S/C11H15N5/c1-16-11(14-9-15-16)8-13-7-4-10-2-5-12-6-3-10/h2-3,5-6,9,13H,4,7-8H2,1H3. The molecule has 0 unspecified atom stereocenters. The van der Waals surface area contributed by atoms with Crippen LogP contribution in [0.5, 0.6) is 0 Å². The van der Waals surface area contributed by atoms with Crippen molar-refractivity contribution in [3.63, 3.8) is 0 Å². The van der Waals surface area contributed by atoms with Crippen molar-refractivity contribution in [2.24, 2.45) is 7.05 Å². The van der Waals surface area contributed by atoms with Crippen molar-refractivity contribution >= 4 is 0 Å². The second-order valence-electron chi connectivity index (χ2n) is 3.58. The molecule has 0 fully saturated rings.